The van der Waals surface area contributed by atoms with Crippen molar-refractivity contribution in [1.82, 2.24) is 9.97 Å². The number of hydrogen-bond acceptors (Lipinski definition) is 7. The Bertz CT molecular complexity index is 1680. The Morgan fingerprint density at radius 3 is 1.89 bits per heavy atom. The molecule has 4 aromatic carbocycles. The fourth-order valence-corrected chi connectivity index (χ4v) is 3.83. The van der Waals surface area contributed by atoms with E-state index in [1.54, 1.807) is 18.2 Å². The number of nitro benzene ring substituents is 1. The molecule has 0 spiro atoms. The van der Waals surface area contributed by atoms with Crippen LogP contribution in [0.2, 0.25) is 0 Å². The van der Waals surface area contributed by atoms with Gasteiger partial charge in [-0.15, -0.1) is 0 Å². The molecule has 0 aliphatic carbocycles. The predicted molar refractivity (Wildman–Crippen MR) is 139 cm³/mol. The van der Waals surface area contributed by atoms with Gasteiger partial charge < -0.3 is 14.6 Å². The molecule has 0 fully saturated rings. The third kappa shape index (κ3) is 4.87. The van der Waals surface area contributed by atoms with Crippen LogP contribution in [-0.2, 0) is 6.42 Å². The highest BCUT2D eigenvalue weighted by atomic mass is 19.1. The molecular weight excluding hydrogens is 475 g/mol. The fraction of sp³-hybridized carbons (Fsp3) is 0.0714. The van der Waals surface area contributed by atoms with Crippen molar-refractivity contribution < 1.29 is 18.1 Å². The van der Waals surface area contributed by atoms with Crippen LogP contribution < -0.4 is 5.73 Å². The Hall–Kier alpha value is -5.05. The SMILES string of the molecule is CCc1ccc(-c2nc3ccccc3o2)cc1N.O=[N+]([O-])c1cc(-c2nc3ccccc3o2)ccc1F. The summed E-state index contributed by atoms with van der Waals surface area (Å²) in [5.74, 6) is -0.0419. The van der Waals surface area contributed by atoms with Gasteiger partial charge in [-0.2, -0.15) is 4.39 Å². The average Bonchev–Trinajstić information content (AvgIpc) is 3.54. The van der Waals surface area contributed by atoms with E-state index < -0.39 is 16.4 Å². The number of nitro groups is 1. The second kappa shape index (κ2) is 9.90. The van der Waals surface area contributed by atoms with E-state index in [0.29, 0.717) is 22.6 Å². The standard InChI is InChI=1S/C15H14N2O.C13H7FN2O3/c1-2-10-7-8-11(9-12(10)16)15-17-13-5-3-4-6-14(13)18-15;14-9-6-5-8(7-11(9)16(17)18)13-15-10-3-1-2-4-12(10)19-13/h3-9H,2,16H2,1H3;1-7H. The van der Waals surface area contributed by atoms with Crippen LogP contribution in [0.1, 0.15) is 12.5 Å². The zero-order valence-corrected chi connectivity index (χ0v) is 19.7. The Morgan fingerprint density at radius 2 is 1.38 bits per heavy atom. The number of oxazole rings is 2. The molecule has 2 N–H and O–H groups in total. The van der Waals surface area contributed by atoms with Gasteiger partial charge in [0.2, 0.25) is 17.6 Å². The molecule has 0 bridgehead atoms. The number of fused-ring (bicyclic) bond motifs is 2. The molecule has 0 saturated carbocycles. The summed E-state index contributed by atoms with van der Waals surface area (Å²) in [6, 6.07) is 24.3. The maximum atomic E-state index is 13.2. The highest BCUT2D eigenvalue weighted by Gasteiger charge is 2.17. The average molecular weight is 496 g/mol. The molecule has 37 heavy (non-hydrogen) atoms. The summed E-state index contributed by atoms with van der Waals surface area (Å²) in [5, 5.41) is 10.7. The van der Waals surface area contributed by atoms with Gasteiger partial charge in [0.25, 0.3) is 0 Å². The van der Waals surface area contributed by atoms with Crippen LogP contribution in [0.4, 0.5) is 15.8 Å². The van der Waals surface area contributed by atoms with Gasteiger partial charge in [-0.05, 0) is 60.5 Å². The number of aryl methyl sites for hydroxylation is 1. The first-order chi connectivity index (χ1) is 17.9. The van der Waals surface area contributed by atoms with Crippen molar-refractivity contribution in [3.63, 3.8) is 0 Å². The van der Waals surface area contributed by atoms with Crippen molar-refractivity contribution in [1.29, 1.82) is 0 Å². The molecule has 184 valence electrons. The zero-order chi connectivity index (χ0) is 25.9. The van der Waals surface area contributed by atoms with Crippen LogP contribution in [0, 0.1) is 15.9 Å². The first-order valence-electron chi connectivity index (χ1n) is 11.5. The molecular formula is C28H21FN4O4. The Kier molecular flexibility index (Phi) is 6.34. The van der Waals surface area contributed by atoms with Crippen LogP contribution in [0.3, 0.4) is 0 Å². The van der Waals surface area contributed by atoms with E-state index in [-0.39, 0.29) is 5.89 Å². The molecule has 8 nitrogen and oxygen atoms in total. The van der Waals surface area contributed by atoms with E-state index in [9.17, 15) is 14.5 Å². The molecule has 0 radical (unpaired) electrons. The lowest BCUT2D eigenvalue weighted by Gasteiger charge is -2.03. The molecule has 0 unspecified atom stereocenters. The first-order valence-corrected chi connectivity index (χ1v) is 11.5. The second-order valence-electron chi connectivity index (χ2n) is 8.16. The Balaban J connectivity index is 0.000000152. The summed E-state index contributed by atoms with van der Waals surface area (Å²) >= 11 is 0. The molecule has 0 atom stereocenters. The number of rotatable bonds is 4. The molecule has 0 aliphatic rings. The zero-order valence-electron chi connectivity index (χ0n) is 19.7. The van der Waals surface area contributed by atoms with Crippen molar-refractivity contribution in [2.75, 3.05) is 5.73 Å². The van der Waals surface area contributed by atoms with E-state index in [4.69, 9.17) is 14.6 Å². The largest absolute Gasteiger partial charge is 0.436 e. The molecule has 2 heterocycles. The van der Waals surface area contributed by atoms with Gasteiger partial charge in [-0.1, -0.05) is 37.3 Å². The third-order valence-corrected chi connectivity index (χ3v) is 5.75. The fourth-order valence-electron chi connectivity index (χ4n) is 3.83. The van der Waals surface area contributed by atoms with Gasteiger partial charge in [0, 0.05) is 22.9 Å². The maximum Gasteiger partial charge on any atom is 0.305 e. The van der Waals surface area contributed by atoms with Crippen molar-refractivity contribution in [2.45, 2.75) is 13.3 Å². The minimum absolute atomic E-state index is 0.226. The third-order valence-electron chi connectivity index (χ3n) is 5.75. The number of halogens is 1. The Labute approximate surface area is 210 Å². The minimum Gasteiger partial charge on any atom is -0.436 e. The number of nitrogens with two attached hydrogens (primary N) is 1. The number of hydrogen-bond donors (Lipinski definition) is 1. The number of para-hydroxylation sites is 4. The molecule has 0 amide bonds. The molecule has 0 saturated heterocycles. The number of nitrogens with zero attached hydrogens (tertiary/aromatic N) is 3. The molecule has 6 rings (SSSR count). The topological polar surface area (TPSA) is 121 Å². The van der Waals surface area contributed by atoms with Gasteiger partial charge in [-0.25, -0.2) is 9.97 Å². The van der Waals surface area contributed by atoms with E-state index >= 15 is 0 Å². The number of anilines is 1. The van der Waals surface area contributed by atoms with Gasteiger partial charge in [-0.3, -0.25) is 10.1 Å². The van der Waals surface area contributed by atoms with E-state index in [1.165, 1.54) is 6.07 Å². The number of benzene rings is 4. The highest BCUT2D eigenvalue weighted by Crippen LogP contribution is 2.29. The minimum atomic E-state index is -0.884. The monoisotopic (exact) mass is 496 g/mol. The van der Waals surface area contributed by atoms with Crippen LogP contribution in [0.25, 0.3) is 45.1 Å². The summed E-state index contributed by atoms with van der Waals surface area (Å²) in [6.45, 7) is 2.09. The summed E-state index contributed by atoms with van der Waals surface area (Å²) in [4.78, 5) is 18.6. The van der Waals surface area contributed by atoms with Crippen LogP contribution in [-0.4, -0.2) is 14.9 Å². The van der Waals surface area contributed by atoms with Crippen molar-refractivity contribution >= 4 is 33.6 Å². The van der Waals surface area contributed by atoms with E-state index in [1.807, 2.05) is 48.5 Å². The lowest BCUT2D eigenvalue weighted by atomic mass is 10.1. The number of nitrogen functional groups attached to an aromatic ring is 1. The van der Waals surface area contributed by atoms with Crippen molar-refractivity contribution in [3.05, 3.63) is 106 Å². The van der Waals surface area contributed by atoms with Gasteiger partial charge in [0.05, 0.1) is 4.92 Å². The normalized spacial score (nSPS) is 10.9. The second-order valence-corrected chi connectivity index (χ2v) is 8.16. The Morgan fingerprint density at radius 1 is 0.838 bits per heavy atom. The summed E-state index contributed by atoms with van der Waals surface area (Å²) < 4.78 is 24.4. The molecule has 2 aromatic heterocycles. The van der Waals surface area contributed by atoms with Crippen LogP contribution in [0.15, 0.2) is 93.8 Å². The molecule has 9 heteroatoms. The first kappa shape index (κ1) is 23.7. The summed E-state index contributed by atoms with van der Waals surface area (Å²) in [6.07, 6.45) is 0.930. The predicted octanol–water partition coefficient (Wildman–Crippen LogP) is 7.18. The summed E-state index contributed by atoms with van der Waals surface area (Å²) in [5.41, 5.74) is 11.5. The molecule has 0 aliphatic heterocycles. The van der Waals surface area contributed by atoms with Gasteiger partial charge in [0.15, 0.2) is 11.2 Å². The highest BCUT2D eigenvalue weighted by molar-refractivity contribution is 5.77. The number of aromatic nitrogens is 2. The maximum absolute atomic E-state index is 13.2. The molecule has 6 aromatic rings. The van der Waals surface area contributed by atoms with Crippen molar-refractivity contribution in [3.8, 4) is 22.9 Å². The van der Waals surface area contributed by atoms with Crippen LogP contribution >= 0.6 is 0 Å². The lowest BCUT2D eigenvalue weighted by Crippen LogP contribution is -1.93. The smallest absolute Gasteiger partial charge is 0.305 e. The van der Waals surface area contributed by atoms with E-state index in [2.05, 4.69) is 16.9 Å². The van der Waals surface area contributed by atoms with E-state index in [0.717, 1.165) is 46.5 Å². The summed E-state index contributed by atoms with van der Waals surface area (Å²) in [7, 11) is 0. The van der Waals surface area contributed by atoms with Crippen LogP contribution in [0.5, 0.6) is 0 Å². The van der Waals surface area contributed by atoms with Gasteiger partial charge >= 0.3 is 5.69 Å². The quantitative estimate of drug-likeness (QED) is 0.156. The van der Waals surface area contributed by atoms with Crippen molar-refractivity contribution in [2.24, 2.45) is 0 Å². The lowest BCUT2D eigenvalue weighted by molar-refractivity contribution is -0.387. The van der Waals surface area contributed by atoms with Gasteiger partial charge in [0.1, 0.15) is 11.0 Å².